The Balaban J connectivity index is 2.78. The number of nitrogens with one attached hydrogen (secondary N) is 1. The fourth-order valence-electron chi connectivity index (χ4n) is 1.26. The van der Waals surface area contributed by atoms with Crippen molar-refractivity contribution in [2.45, 2.75) is 6.42 Å². The predicted octanol–water partition coefficient (Wildman–Crippen LogP) is 1.74. The van der Waals surface area contributed by atoms with Gasteiger partial charge in [-0.3, -0.25) is 9.52 Å². The molecule has 0 aromatic heterocycles. The zero-order valence-corrected chi connectivity index (χ0v) is 13.3. The maximum Gasteiger partial charge on any atom is 0.306 e. The molecule has 0 saturated heterocycles. The number of nitrogens with zero attached hydrogens (tertiary/aromatic N) is 1. The Morgan fingerprint density at radius 2 is 2.15 bits per heavy atom. The van der Waals surface area contributed by atoms with E-state index < -0.39 is 22.0 Å². The van der Waals surface area contributed by atoms with Gasteiger partial charge in [-0.1, -0.05) is 15.9 Å². The van der Waals surface area contributed by atoms with E-state index in [9.17, 15) is 17.6 Å². The molecule has 1 N–H and O–H groups in total. The van der Waals surface area contributed by atoms with Gasteiger partial charge in [-0.15, -0.1) is 0 Å². The number of hydrogen-bond donors (Lipinski definition) is 1. The van der Waals surface area contributed by atoms with E-state index >= 15 is 0 Å². The molecule has 9 heteroatoms. The molecule has 0 aliphatic rings. The molecule has 0 saturated carbocycles. The van der Waals surface area contributed by atoms with Crippen LogP contribution in [0.3, 0.4) is 0 Å². The van der Waals surface area contributed by atoms with Crippen LogP contribution in [0.25, 0.3) is 0 Å². The minimum absolute atomic E-state index is 0.0718. The lowest BCUT2D eigenvalue weighted by Gasteiger charge is -2.18. The number of methoxy groups -OCH3 is 1. The lowest BCUT2D eigenvalue weighted by molar-refractivity contribution is -0.140. The molecule has 0 aliphatic carbocycles. The second-order valence-electron chi connectivity index (χ2n) is 3.88. The van der Waals surface area contributed by atoms with Gasteiger partial charge < -0.3 is 4.74 Å². The SMILES string of the molecule is COC(=O)CCN(C)S(=O)(=O)Nc1cc(Br)ccc1F. The van der Waals surface area contributed by atoms with E-state index in [1.165, 1.54) is 26.3 Å². The lowest BCUT2D eigenvalue weighted by Crippen LogP contribution is -2.34. The van der Waals surface area contributed by atoms with Crippen LogP contribution in [0.4, 0.5) is 10.1 Å². The Morgan fingerprint density at radius 3 is 2.75 bits per heavy atom. The summed E-state index contributed by atoms with van der Waals surface area (Å²) in [6.45, 7) is -0.0718. The third-order valence-corrected chi connectivity index (χ3v) is 4.41. The molecule has 1 rings (SSSR count). The highest BCUT2D eigenvalue weighted by Crippen LogP contribution is 2.21. The quantitative estimate of drug-likeness (QED) is 0.776. The molecule has 112 valence electrons. The van der Waals surface area contributed by atoms with Crippen LogP contribution in [0.5, 0.6) is 0 Å². The average Bonchev–Trinajstić information content (AvgIpc) is 2.39. The number of rotatable bonds is 6. The maximum atomic E-state index is 13.5. The summed E-state index contributed by atoms with van der Waals surface area (Å²) in [6, 6.07) is 3.89. The second-order valence-corrected chi connectivity index (χ2v) is 6.57. The Morgan fingerprint density at radius 1 is 1.50 bits per heavy atom. The first kappa shape index (κ1) is 16.9. The predicted molar refractivity (Wildman–Crippen MR) is 75.9 cm³/mol. The highest BCUT2D eigenvalue weighted by molar-refractivity contribution is 9.10. The standard InChI is InChI=1S/C11H14BrFN2O4S/c1-15(6-5-11(16)19-2)20(17,18)14-10-7-8(12)3-4-9(10)13/h3-4,7,14H,5-6H2,1-2H3. The molecule has 0 radical (unpaired) electrons. The van der Waals surface area contributed by atoms with Crippen molar-refractivity contribution in [3.8, 4) is 0 Å². The molecule has 0 heterocycles. The third-order valence-electron chi connectivity index (χ3n) is 2.44. The Kier molecular flexibility index (Phi) is 5.90. The summed E-state index contributed by atoms with van der Waals surface area (Å²) in [4.78, 5) is 11.0. The average molecular weight is 369 g/mol. The van der Waals surface area contributed by atoms with E-state index in [0.29, 0.717) is 4.47 Å². The summed E-state index contributed by atoms with van der Waals surface area (Å²) < 4.78 is 45.4. The largest absolute Gasteiger partial charge is 0.469 e. The summed E-state index contributed by atoms with van der Waals surface area (Å²) in [5.41, 5.74) is -0.177. The zero-order valence-electron chi connectivity index (χ0n) is 10.9. The normalized spacial score (nSPS) is 11.4. The van der Waals surface area contributed by atoms with Crippen molar-refractivity contribution in [1.82, 2.24) is 4.31 Å². The molecule has 0 unspecified atom stereocenters. The molecule has 0 atom stereocenters. The first-order valence-electron chi connectivity index (χ1n) is 5.52. The minimum atomic E-state index is -3.94. The highest BCUT2D eigenvalue weighted by atomic mass is 79.9. The van der Waals surface area contributed by atoms with E-state index in [2.05, 4.69) is 25.4 Å². The Bertz CT molecular complexity index is 594. The number of benzene rings is 1. The van der Waals surface area contributed by atoms with Crippen molar-refractivity contribution >= 4 is 37.8 Å². The van der Waals surface area contributed by atoms with Crippen molar-refractivity contribution in [1.29, 1.82) is 0 Å². The van der Waals surface area contributed by atoms with Crippen molar-refractivity contribution in [2.75, 3.05) is 25.4 Å². The van der Waals surface area contributed by atoms with Crippen LogP contribution in [0.2, 0.25) is 0 Å². The first-order valence-corrected chi connectivity index (χ1v) is 7.75. The second kappa shape index (κ2) is 7.00. The smallest absolute Gasteiger partial charge is 0.306 e. The molecule has 1 aromatic rings. The van der Waals surface area contributed by atoms with Crippen LogP contribution < -0.4 is 4.72 Å². The summed E-state index contributed by atoms with van der Waals surface area (Å²) in [7, 11) is -1.45. The topological polar surface area (TPSA) is 75.7 Å². The molecule has 1 aromatic carbocycles. The summed E-state index contributed by atoms with van der Waals surface area (Å²) >= 11 is 3.12. The number of anilines is 1. The van der Waals surface area contributed by atoms with Crippen LogP contribution in [0.1, 0.15) is 6.42 Å². The summed E-state index contributed by atoms with van der Waals surface area (Å²) in [5, 5.41) is 0. The summed E-state index contributed by atoms with van der Waals surface area (Å²) in [6.07, 6.45) is -0.0884. The van der Waals surface area contributed by atoms with E-state index in [1.807, 2.05) is 0 Å². The van der Waals surface area contributed by atoms with Gasteiger partial charge in [0.2, 0.25) is 0 Å². The van der Waals surface area contributed by atoms with Gasteiger partial charge in [0.05, 0.1) is 19.2 Å². The van der Waals surface area contributed by atoms with Crippen LogP contribution in [0.15, 0.2) is 22.7 Å². The highest BCUT2D eigenvalue weighted by Gasteiger charge is 2.20. The molecule has 6 nitrogen and oxygen atoms in total. The fraction of sp³-hybridized carbons (Fsp3) is 0.364. The van der Waals surface area contributed by atoms with Gasteiger partial charge in [0.25, 0.3) is 0 Å². The van der Waals surface area contributed by atoms with E-state index in [1.54, 1.807) is 0 Å². The maximum absolute atomic E-state index is 13.5. The summed E-state index contributed by atoms with van der Waals surface area (Å²) in [5.74, 6) is -1.22. The monoisotopic (exact) mass is 368 g/mol. The van der Waals surface area contributed by atoms with E-state index in [4.69, 9.17) is 0 Å². The van der Waals surface area contributed by atoms with Gasteiger partial charge in [-0.05, 0) is 18.2 Å². The van der Waals surface area contributed by atoms with Gasteiger partial charge in [0, 0.05) is 18.1 Å². The molecule has 0 aliphatic heterocycles. The van der Waals surface area contributed by atoms with Crippen LogP contribution in [-0.2, 0) is 19.7 Å². The first-order chi connectivity index (χ1) is 9.26. The van der Waals surface area contributed by atoms with Gasteiger partial charge >= 0.3 is 16.2 Å². The van der Waals surface area contributed by atoms with Crippen molar-refractivity contribution in [2.24, 2.45) is 0 Å². The van der Waals surface area contributed by atoms with Gasteiger partial charge in [0.15, 0.2) is 0 Å². The molecule has 0 spiro atoms. The number of carbonyl (C=O) groups excluding carboxylic acids is 1. The van der Waals surface area contributed by atoms with Crippen LogP contribution >= 0.6 is 15.9 Å². The number of hydrogen-bond acceptors (Lipinski definition) is 4. The van der Waals surface area contributed by atoms with Crippen molar-refractivity contribution in [3.05, 3.63) is 28.5 Å². The molecular weight excluding hydrogens is 355 g/mol. The third kappa shape index (κ3) is 4.73. The van der Waals surface area contributed by atoms with E-state index in [0.717, 1.165) is 10.4 Å². The number of halogens is 2. The number of carbonyl (C=O) groups is 1. The van der Waals surface area contributed by atoms with Crippen molar-refractivity contribution < 1.29 is 22.3 Å². The molecule has 0 amide bonds. The molecule has 0 fully saturated rings. The van der Waals surface area contributed by atoms with Crippen molar-refractivity contribution in [3.63, 3.8) is 0 Å². The Labute approximate surface area is 125 Å². The molecule has 20 heavy (non-hydrogen) atoms. The van der Waals surface area contributed by atoms with Gasteiger partial charge in [-0.25, -0.2) is 4.39 Å². The van der Waals surface area contributed by atoms with Gasteiger partial charge in [-0.2, -0.15) is 12.7 Å². The molecular formula is C11H14BrFN2O4S. The minimum Gasteiger partial charge on any atom is -0.469 e. The molecule has 0 bridgehead atoms. The van der Waals surface area contributed by atoms with Crippen LogP contribution in [0, 0.1) is 5.82 Å². The number of esters is 1. The number of ether oxygens (including phenoxy) is 1. The van der Waals surface area contributed by atoms with E-state index in [-0.39, 0.29) is 18.7 Å². The van der Waals surface area contributed by atoms with Crippen LogP contribution in [-0.4, -0.2) is 39.4 Å². The lowest BCUT2D eigenvalue weighted by atomic mass is 10.3. The zero-order chi connectivity index (χ0) is 15.3. The Hall–Kier alpha value is -1.19. The fourth-order valence-corrected chi connectivity index (χ4v) is 2.55. The van der Waals surface area contributed by atoms with Gasteiger partial charge in [0.1, 0.15) is 5.82 Å².